The van der Waals surface area contributed by atoms with E-state index in [-0.39, 0.29) is 30.3 Å². The van der Waals surface area contributed by atoms with Crippen molar-refractivity contribution >= 4 is 23.5 Å². The van der Waals surface area contributed by atoms with Gasteiger partial charge in [-0.1, -0.05) is 19.1 Å². The number of likely N-dealkylation sites (tertiary alicyclic amines) is 1. The third-order valence-corrected chi connectivity index (χ3v) is 5.28. The predicted octanol–water partition coefficient (Wildman–Crippen LogP) is 1.12. The summed E-state index contributed by atoms with van der Waals surface area (Å²) in [6.07, 6.45) is 0.767. The molecule has 1 aromatic carbocycles. The van der Waals surface area contributed by atoms with E-state index in [2.05, 4.69) is 22.1 Å². The number of hydrogen-bond acceptors (Lipinski definition) is 5. The molecule has 1 amide bonds. The molecule has 1 aromatic rings. The summed E-state index contributed by atoms with van der Waals surface area (Å²) in [4.78, 5) is 32.3. The standard InChI is InChI=1S/C20H28N4O4/c1-14-11-23(12-15(14)19(26)27-3)20(21-2)22-9-6-10-24-16-7-4-5-8-17(16)28-13-18(24)25/h4-5,7-8,14-15H,6,9-13H2,1-3H3,(H,21,22). The molecule has 8 heteroatoms. The van der Waals surface area contributed by atoms with Crippen molar-refractivity contribution in [2.45, 2.75) is 13.3 Å². The molecule has 3 rings (SSSR count). The van der Waals surface area contributed by atoms with Crippen LogP contribution in [-0.4, -0.2) is 69.7 Å². The molecule has 0 saturated carbocycles. The lowest BCUT2D eigenvalue weighted by molar-refractivity contribution is -0.146. The number of ether oxygens (including phenoxy) is 2. The number of para-hydroxylation sites is 2. The highest BCUT2D eigenvalue weighted by molar-refractivity contribution is 5.97. The molecule has 1 fully saturated rings. The highest BCUT2D eigenvalue weighted by Gasteiger charge is 2.36. The summed E-state index contributed by atoms with van der Waals surface area (Å²) in [5.41, 5.74) is 0.817. The van der Waals surface area contributed by atoms with Crippen LogP contribution in [0.4, 0.5) is 5.69 Å². The first kappa shape index (κ1) is 20.0. The quantitative estimate of drug-likeness (QED) is 0.352. The summed E-state index contributed by atoms with van der Waals surface area (Å²) in [6, 6.07) is 7.58. The van der Waals surface area contributed by atoms with Crippen LogP contribution in [0.2, 0.25) is 0 Å². The normalized spacial score (nSPS) is 22.0. The zero-order chi connectivity index (χ0) is 20.1. The molecule has 2 atom stereocenters. The number of fused-ring (bicyclic) bond motifs is 1. The first-order valence-corrected chi connectivity index (χ1v) is 9.60. The molecular weight excluding hydrogens is 360 g/mol. The molecule has 2 aliphatic heterocycles. The number of carbonyl (C=O) groups is 2. The summed E-state index contributed by atoms with van der Waals surface area (Å²) in [5.74, 6) is 1.39. The largest absolute Gasteiger partial charge is 0.482 e. The Bertz CT molecular complexity index is 751. The molecule has 0 spiro atoms. The zero-order valence-corrected chi connectivity index (χ0v) is 16.7. The zero-order valence-electron chi connectivity index (χ0n) is 16.7. The highest BCUT2D eigenvalue weighted by atomic mass is 16.5. The first-order valence-electron chi connectivity index (χ1n) is 9.60. The summed E-state index contributed by atoms with van der Waals surface area (Å²) < 4.78 is 10.4. The third kappa shape index (κ3) is 4.21. The van der Waals surface area contributed by atoms with Crippen molar-refractivity contribution in [3.8, 4) is 5.75 Å². The van der Waals surface area contributed by atoms with Gasteiger partial charge in [0, 0.05) is 33.2 Å². The summed E-state index contributed by atoms with van der Waals surface area (Å²) in [6.45, 7) is 4.76. The second kappa shape index (κ2) is 8.95. The van der Waals surface area contributed by atoms with Gasteiger partial charge in [-0.2, -0.15) is 0 Å². The first-order chi connectivity index (χ1) is 13.5. The molecule has 0 aromatic heterocycles. The van der Waals surface area contributed by atoms with E-state index in [4.69, 9.17) is 9.47 Å². The van der Waals surface area contributed by atoms with Gasteiger partial charge >= 0.3 is 5.97 Å². The van der Waals surface area contributed by atoms with E-state index >= 15 is 0 Å². The minimum Gasteiger partial charge on any atom is -0.482 e. The molecule has 1 N–H and O–H groups in total. The number of nitrogens with one attached hydrogen (secondary N) is 1. The molecule has 0 radical (unpaired) electrons. The average Bonchev–Trinajstić information content (AvgIpc) is 3.10. The van der Waals surface area contributed by atoms with Crippen molar-refractivity contribution in [2.24, 2.45) is 16.8 Å². The molecule has 2 aliphatic rings. The Hall–Kier alpha value is -2.77. The Labute approximate surface area is 165 Å². The van der Waals surface area contributed by atoms with Crippen molar-refractivity contribution in [2.75, 3.05) is 51.8 Å². The lowest BCUT2D eigenvalue weighted by atomic mass is 9.99. The van der Waals surface area contributed by atoms with Crippen molar-refractivity contribution in [3.05, 3.63) is 24.3 Å². The van der Waals surface area contributed by atoms with Crippen molar-refractivity contribution in [1.82, 2.24) is 10.2 Å². The summed E-state index contributed by atoms with van der Waals surface area (Å²) in [5, 5.41) is 3.34. The van der Waals surface area contributed by atoms with Crippen molar-refractivity contribution in [3.63, 3.8) is 0 Å². The molecular formula is C20H28N4O4. The van der Waals surface area contributed by atoms with Crippen LogP contribution in [0.15, 0.2) is 29.3 Å². The number of amides is 1. The van der Waals surface area contributed by atoms with Gasteiger partial charge in [-0.3, -0.25) is 14.6 Å². The van der Waals surface area contributed by atoms with E-state index in [1.54, 1.807) is 11.9 Å². The van der Waals surface area contributed by atoms with Gasteiger partial charge in [-0.05, 0) is 24.5 Å². The van der Waals surface area contributed by atoms with Crippen LogP contribution in [0.3, 0.4) is 0 Å². The number of rotatable bonds is 5. The van der Waals surface area contributed by atoms with Gasteiger partial charge in [0.15, 0.2) is 12.6 Å². The van der Waals surface area contributed by atoms with Crippen LogP contribution in [0.1, 0.15) is 13.3 Å². The molecule has 152 valence electrons. The monoisotopic (exact) mass is 388 g/mol. The molecule has 1 saturated heterocycles. The second-order valence-corrected chi connectivity index (χ2v) is 7.14. The SMILES string of the molecule is CN=C(NCCCN1C(=O)COc2ccccc21)N1CC(C)C(C(=O)OC)C1. The fourth-order valence-corrected chi connectivity index (χ4v) is 3.77. The Morgan fingerprint density at radius 1 is 1.36 bits per heavy atom. The molecule has 28 heavy (non-hydrogen) atoms. The minimum absolute atomic E-state index is 0.0302. The number of hydrogen-bond donors (Lipinski definition) is 1. The summed E-state index contributed by atoms with van der Waals surface area (Å²) in [7, 11) is 3.16. The molecule has 0 bridgehead atoms. The van der Waals surface area contributed by atoms with E-state index < -0.39 is 0 Å². The fourth-order valence-electron chi connectivity index (χ4n) is 3.77. The number of guanidine groups is 1. The smallest absolute Gasteiger partial charge is 0.310 e. The van der Waals surface area contributed by atoms with Gasteiger partial charge < -0.3 is 24.6 Å². The van der Waals surface area contributed by atoms with Gasteiger partial charge in [0.25, 0.3) is 5.91 Å². The van der Waals surface area contributed by atoms with Crippen molar-refractivity contribution in [1.29, 1.82) is 0 Å². The maximum Gasteiger partial charge on any atom is 0.310 e. The highest BCUT2D eigenvalue weighted by Crippen LogP contribution is 2.31. The van der Waals surface area contributed by atoms with E-state index in [1.807, 2.05) is 24.3 Å². The van der Waals surface area contributed by atoms with Gasteiger partial charge in [0.1, 0.15) is 5.75 Å². The maximum atomic E-state index is 12.2. The van der Waals surface area contributed by atoms with Gasteiger partial charge in [0.2, 0.25) is 0 Å². The van der Waals surface area contributed by atoms with E-state index in [0.29, 0.717) is 19.6 Å². The number of methoxy groups -OCH3 is 1. The van der Waals surface area contributed by atoms with E-state index in [1.165, 1.54) is 7.11 Å². The Morgan fingerprint density at radius 3 is 2.89 bits per heavy atom. The van der Waals surface area contributed by atoms with Crippen LogP contribution in [0.5, 0.6) is 5.75 Å². The Kier molecular flexibility index (Phi) is 6.38. The lowest BCUT2D eigenvalue weighted by Crippen LogP contribution is -2.43. The maximum absolute atomic E-state index is 12.2. The number of carbonyl (C=O) groups excluding carboxylic acids is 2. The van der Waals surface area contributed by atoms with Crippen LogP contribution < -0.4 is 15.0 Å². The lowest BCUT2D eigenvalue weighted by Gasteiger charge is -2.29. The van der Waals surface area contributed by atoms with Gasteiger partial charge in [-0.25, -0.2) is 0 Å². The van der Waals surface area contributed by atoms with E-state index in [0.717, 1.165) is 30.4 Å². The number of benzene rings is 1. The average molecular weight is 388 g/mol. The van der Waals surface area contributed by atoms with Crippen LogP contribution >= 0.6 is 0 Å². The number of aliphatic imine (C=N–C) groups is 1. The van der Waals surface area contributed by atoms with Crippen molar-refractivity contribution < 1.29 is 19.1 Å². The topological polar surface area (TPSA) is 83.5 Å². The van der Waals surface area contributed by atoms with E-state index in [9.17, 15) is 9.59 Å². The molecule has 8 nitrogen and oxygen atoms in total. The molecule has 2 heterocycles. The fraction of sp³-hybridized carbons (Fsp3) is 0.550. The minimum atomic E-state index is -0.171. The van der Waals surface area contributed by atoms with Crippen LogP contribution in [0, 0.1) is 11.8 Å². The Balaban J connectivity index is 1.51. The Morgan fingerprint density at radius 2 is 2.14 bits per heavy atom. The van der Waals surface area contributed by atoms with Gasteiger partial charge in [-0.15, -0.1) is 0 Å². The van der Waals surface area contributed by atoms with Gasteiger partial charge in [0.05, 0.1) is 18.7 Å². The van der Waals surface area contributed by atoms with Crippen LogP contribution in [0.25, 0.3) is 0 Å². The number of nitrogens with zero attached hydrogens (tertiary/aromatic N) is 3. The predicted molar refractivity (Wildman–Crippen MR) is 107 cm³/mol. The number of anilines is 1. The third-order valence-electron chi connectivity index (χ3n) is 5.28. The summed E-state index contributed by atoms with van der Waals surface area (Å²) >= 11 is 0. The van der Waals surface area contributed by atoms with Crippen LogP contribution in [-0.2, 0) is 14.3 Å². The number of esters is 1. The molecule has 2 unspecified atom stereocenters. The molecule has 0 aliphatic carbocycles. The second-order valence-electron chi connectivity index (χ2n) is 7.14.